The van der Waals surface area contributed by atoms with E-state index >= 15 is 0 Å². The molecule has 2 heterocycles. The van der Waals surface area contributed by atoms with E-state index in [-0.39, 0.29) is 0 Å². The van der Waals surface area contributed by atoms with Gasteiger partial charge in [0.05, 0.1) is 0 Å². The second kappa shape index (κ2) is 8.82. The van der Waals surface area contributed by atoms with Crippen molar-refractivity contribution in [3.8, 4) is 0 Å². The molecule has 0 aromatic rings. The largest absolute Gasteiger partial charge is 0.303 e. The van der Waals surface area contributed by atoms with Crippen LogP contribution in [0.5, 0.6) is 0 Å². The minimum Gasteiger partial charge on any atom is -0.303 e. The van der Waals surface area contributed by atoms with Crippen molar-refractivity contribution in [2.24, 2.45) is 11.8 Å². The van der Waals surface area contributed by atoms with Crippen molar-refractivity contribution < 1.29 is 0 Å². The van der Waals surface area contributed by atoms with E-state index in [1.54, 1.807) is 0 Å². The Labute approximate surface area is 150 Å². The molecule has 0 amide bonds. The lowest BCUT2D eigenvalue weighted by Gasteiger charge is -2.43. The maximum absolute atomic E-state index is 4.06. The number of likely N-dealkylation sites (tertiary alicyclic amines) is 1. The number of hydrogen-bond donors (Lipinski definition) is 0. The van der Waals surface area contributed by atoms with Crippen LogP contribution in [0.3, 0.4) is 0 Å². The molecule has 3 heteroatoms. The SMILES string of the molecule is C=C(C)CN1CCN(C2CCN(C[C@H]3CC[C@@H](CC)C3)CC2)CC1. The Morgan fingerprint density at radius 1 is 0.875 bits per heavy atom. The number of piperidine rings is 1. The van der Waals surface area contributed by atoms with E-state index in [9.17, 15) is 0 Å². The zero-order valence-electron chi connectivity index (χ0n) is 16.2. The predicted molar refractivity (Wildman–Crippen MR) is 103 cm³/mol. The molecule has 0 unspecified atom stereocenters. The molecule has 0 aromatic carbocycles. The van der Waals surface area contributed by atoms with Crippen LogP contribution < -0.4 is 0 Å². The van der Waals surface area contributed by atoms with Crippen LogP contribution in [0.2, 0.25) is 0 Å². The number of nitrogens with zero attached hydrogens (tertiary/aromatic N) is 3. The molecule has 2 atom stereocenters. The molecule has 0 radical (unpaired) electrons. The first kappa shape index (κ1) is 18.4. The number of rotatable bonds is 6. The van der Waals surface area contributed by atoms with Gasteiger partial charge in [-0.1, -0.05) is 31.9 Å². The van der Waals surface area contributed by atoms with Gasteiger partial charge in [-0.05, 0) is 57.5 Å². The van der Waals surface area contributed by atoms with Crippen LogP contribution in [0.4, 0.5) is 0 Å². The van der Waals surface area contributed by atoms with E-state index in [0.29, 0.717) is 0 Å². The van der Waals surface area contributed by atoms with Crippen LogP contribution in [-0.2, 0) is 0 Å². The fraction of sp³-hybridized carbons (Fsp3) is 0.905. The Morgan fingerprint density at radius 3 is 2.12 bits per heavy atom. The molecule has 24 heavy (non-hydrogen) atoms. The van der Waals surface area contributed by atoms with Crippen LogP contribution in [0.15, 0.2) is 12.2 Å². The first-order chi connectivity index (χ1) is 11.6. The summed E-state index contributed by atoms with van der Waals surface area (Å²) in [6.07, 6.45) is 8.67. The van der Waals surface area contributed by atoms with Gasteiger partial charge in [0.15, 0.2) is 0 Å². The molecule has 3 nitrogen and oxygen atoms in total. The van der Waals surface area contributed by atoms with Gasteiger partial charge in [0.1, 0.15) is 0 Å². The molecule has 3 rings (SSSR count). The van der Waals surface area contributed by atoms with Gasteiger partial charge < -0.3 is 4.90 Å². The Hall–Kier alpha value is -0.380. The molecule has 3 fully saturated rings. The highest BCUT2D eigenvalue weighted by Gasteiger charge is 2.30. The van der Waals surface area contributed by atoms with Crippen LogP contribution in [0, 0.1) is 11.8 Å². The highest BCUT2D eigenvalue weighted by atomic mass is 15.3. The van der Waals surface area contributed by atoms with Gasteiger partial charge in [-0.15, -0.1) is 0 Å². The fourth-order valence-corrected chi connectivity index (χ4v) is 5.22. The monoisotopic (exact) mass is 333 g/mol. The summed E-state index contributed by atoms with van der Waals surface area (Å²) in [5.41, 5.74) is 1.30. The minimum absolute atomic E-state index is 0.847. The van der Waals surface area contributed by atoms with Crippen LogP contribution in [-0.4, -0.2) is 73.1 Å². The van der Waals surface area contributed by atoms with Gasteiger partial charge in [0.2, 0.25) is 0 Å². The summed E-state index contributed by atoms with van der Waals surface area (Å²) >= 11 is 0. The quantitative estimate of drug-likeness (QED) is 0.689. The Kier molecular flexibility index (Phi) is 6.77. The summed E-state index contributed by atoms with van der Waals surface area (Å²) in [5.74, 6) is 2.03. The van der Waals surface area contributed by atoms with Gasteiger partial charge in [0.25, 0.3) is 0 Å². The Morgan fingerprint density at radius 2 is 1.54 bits per heavy atom. The third kappa shape index (κ3) is 5.06. The third-order valence-electron chi connectivity index (χ3n) is 6.72. The second-order valence-electron chi connectivity index (χ2n) is 8.75. The van der Waals surface area contributed by atoms with Crippen molar-refractivity contribution in [1.82, 2.24) is 14.7 Å². The molecule has 0 N–H and O–H groups in total. The summed E-state index contributed by atoms with van der Waals surface area (Å²) in [4.78, 5) is 8.11. The molecule has 1 aliphatic carbocycles. The number of piperazine rings is 1. The Bertz CT molecular complexity index is 392. The van der Waals surface area contributed by atoms with Crippen molar-refractivity contribution in [3.63, 3.8) is 0 Å². The van der Waals surface area contributed by atoms with Crippen molar-refractivity contribution in [2.75, 3.05) is 52.4 Å². The molecule has 138 valence electrons. The molecule has 1 saturated carbocycles. The van der Waals surface area contributed by atoms with Gasteiger partial charge in [-0.3, -0.25) is 9.80 Å². The molecular weight excluding hydrogens is 294 g/mol. The lowest BCUT2D eigenvalue weighted by molar-refractivity contribution is 0.0584. The van der Waals surface area contributed by atoms with E-state index in [4.69, 9.17) is 0 Å². The fourth-order valence-electron chi connectivity index (χ4n) is 5.22. The lowest BCUT2D eigenvalue weighted by atomic mass is 9.99. The van der Waals surface area contributed by atoms with Gasteiger partial charge >= 0.3 is 0 Å². The van der Waals surface area contributed by atoms with E-state index in [1.807, 2.05) is 0 Å². The maximum Gasteiger partial charge on any atom is 0.0188 e. The lowest BCUT2D eigenvalue weighted by Crippen LogP contribution is -2.53. The van der Waals surface area contributed by atoms with Crippen molar-refractivity contribution in [3.05, 3.63) is 12.2 Å². The standard InChI is InChI=1S/C21H39N3/c1-4-19-5-6-20(15-19)17-22-9-7-21(8-10-22)24-13-11-23(12-14-24)16-18(2)3/h19-21H,2,4-17H2,1,3H3/t19-,20+/m1/s1. The summed E-state index contributed by atoms with van der Waals surface area (Å²) in [7, 11) is 0. The third-order valence-corrected chi connectivity index (χ3v) is 6.72. The summed E-state index contributed by atoms with van der Waals surface area (Å²) < 4.78 is 0. The molecule has 0 aromatic heterocycles. The predicted octanol–water partition coefficient (Wildman–Crippen LogP) is 3.47. The van der Waals surface area contributed by atoms with Crippen LogP contribution in [0.1, 0.15) is 52.4 Å². The van der Waals surface area contributed by atoms with E-state index in [1.165, 1.54) is 89.9 Å². The van der Waals surface area contributed by atoms with Crippen molar-refractivity contribution in [2.45, 2.75) is 58.4 Å². The molecule has 2 aliphatic heterocycles. The highest BCUT2D eigenvalue weighted by molar-refractivity contribution is 4.94. The van der Waals surface area contributed by atoms with E-state index in [2.05, 4.69) is 35.1 Å². The van der Waals surface area contributed by atoms with Gasteiger partial charge in [-0.25, -0.2) is 0 Å². The van der Waals surface area contributed by atoms with E-state index in [0.717, 1.165) is 24.4 Å². The average molecular weight is 334 g/mol. The highest BCUT2D eigenvalue weighted by Crippen LogP contribution is 2.34. The summed E-state index contributed by atoms with van der Waals surface area (Å²) in [6, 6.07) is 0.847. The van der Waals surface area contributed by atoms with Gasteiger partial charge in [0, 0.05) is 45.3 Å². The minimum atomic E-state index is 0.847. The molecule has 0 spiro atoms. The average Bonchev–Trinajstić information content (AvgIpc) is 3.03. The maximum atomic E-state index is 4.06. The summed E-state index contributed by atoms with van der Waals surface area (Å²) in [5, 5.41) is 0. The molecular formula is C21H39N3. The van der Waals surface area contributed by atoms with Crippen molar-refractivity contribution in [1.29, 1.82) is 0 Å². The molecule has 0 bridgehead atoms. The number of hydrogen-bond acceptors (Lipinski definition) is 3. The molecule has 2 saturated heterocycles. The topological polar surface area (TPSA) is 9.72 Å². The Balaban J connectivity index is 1.34. The zero-order valence-corrected chi connectivity index (χ0v) is 16.2. The molecule has 3 aliphatic rings. The first-order valence-corrected chi connectivity index (χ1v) is 10.5. The zero-order chi connectivity index (χ0) is 16.9. The van der Waals surface area contributed by atoms with Crippen LogP contribution in [0.25, 0.3) is 0 Å². The van der Waals surface area contributed by atoms with Crippen LogP contribution >= 0.6 is 0 Å². The smallest absolute Gasteiger partial charge is 0.0188 e. The first-order valence-electron chi connectivity index (χ1n) is 10.5. The summed E-state index contributed by atoms with van der Waals surface area (Å²) in [6.45, 7) is 18.7. The van der Waals surface area contributed by atoms with Crippen molar-refractivity contribution >= 4 is 0 Å². The normalized spacial score (nSPS) is 31.6. The van der Waals surface area contributed by atoms with Gasteiger partial charge in [-0.2, -0.15) is 0 Å². The second-order valence-corrected chi connectivity index (χ2v) is 8.75. The van der Waals surface area contributed by atoms with E-state index < -0.39 is 0 Å².